The molecule has 0 radical (unpaired) electrons. The van der Waals surface area contributed by atoms with Crippen LogP contribution in [0.15, 0.2) is 12.1 Å². The van der Waals surface area contributed by atoms with Crippen molar-refractivity contribution in [1.29, 1.82) is 0 Å². The Labute approximate surface area is 111 Å². The monoisotopic (exact) mass is 269 g/mol. The predicted molar refractivity (Wildman–Crippen MR) is 70.0 cm³/mol. The second-order valence-electron chi connectivity index (χ2n) is 4.43. The second-order valence-corrected chi connectivity index (χ2v) is 4.84. The summed E-state index contributed by atoms with van der Waals surface area (Å²) >= 11 is 5.94. The molecule has 0 heterocycles. The molecule has 1 saturated carbocycles. The number of hydrogen-bond donors (Lipinski definition) is 1. The summed E-state index contributed by atoms with van der Waals surface area (Å²) in [6, 6.07) is 3.28. The number of nitrogens with two attached hydrogens (primary N) is 1. The van der Waals surface area contributed by atoms with Crippen molar-refractivity contribution in [3.05, 3.63) is 22.7 Å². The number of rotatable bonds is 4. The third kappa shape index (κ3) is 2.53. The van der Waals surface area contributed by atoms with E-state index in [1.54, 1.807) is 12.1 Å². The fraction of sp³-hybridized carbons (Fsp3) is 0.462. The van der Waals surface area contributed by atoms with Crippen LogP contribution in [0.25, 0.3) is 0 Å². The first-order valence-electron chi connectivity index (χ1n) is 5.92. The summed E-state index contributed by atoms with van der Waals surface area (Å²) in [6.07, 6.45) is 3.65. The maximum absolute atomic E-state index is 11.6. The minimum Gasteiger partial charge on any atom is -0.491 e. The molecule has 0 saturated heterocycles. The zero-order valence-electron chi connectivity index (χ0n) is 10.2. The van der Waals surface area contributed by atoms with Crippen molar-refractivity contribution in [2.24, 2.45) is 5.92 Å². The van der Waals surface area contributed by atoms with Crippen LogP contribution in [0.2, 0.25) is 5.02 Å². The largest absolute Gasteiger partial charge is 0.491 e. The van der Waals surface area contributed by atoms with Gasteiger partial charge in [0.1, 0.15) is 11.3 Å². The number of carbonyl (C=O) groups excluding carboxylic acids is 1. The molecular weight excluding hydrogens is 254 g/mol. The quantitative estimate of drug-likeness (QED) is 0.674. The molecule has 0 atom stereocenters. The van der Waals surface area contributed by atoms with Crippen LogP contribution >= 0.6 is 11.6 Å². The Kier molecular flexibility index (Phi) is 3.97. The van der Waals surface area contributed by atoms with Crippen molar-refractivity contribution in [3.8, 4) is 5.75 Å². The number of carbonyl (C=O) groups is 1. The molecule has 2 rings (SSSR count). The summed E-state index contributed by atoms with van der Waals surface area (Å²) in [5, 5.41) is 0.273. The maximum atomic E-state index is 11.6. The minimum absolute atomic E-state index is 0.172. The Balaban J connectivity index is 2.17. The van der Waals surface area contributed by atoms with Crippen molar-refractivity contribution < 1.29 is 14.3 Å². The zero-order valence-corrected chi connectivity index (χ0v) is 11.0. The van der Waals surface area contributed by atoms with Crippen LogP contribution in [0, 0.1) is 5.92 Å². The topological polar surface area (TPSA) is 61.5 Å². The number of nitrogen functional groups attached to an aromatic ring is 1. The summed E-state index contributed by atoms with van der Waals surface area (Å²) in [4.78, 5) is 11.6. The lowest BCUT2D eigenvalue weighted by molar-refractivity contribution is 0.0601. The molecule has 4 nitrogen and oxygen atoms in total. The van der Waals surface area contributed by atoms with Crippen molar-refractivity contribution in [2.75, 3.05) is 19.5 Å². The van der Waals surface area contributed by atoms with E-state index in [0.717, 1.165) is 0 Å². The van der Waals surface area contributed by atoms with Crippen molar-refractivity contribution in [2.45, 2.75) is 19.3 Å². The first-order valence-corrected chi connectivity index (χ1v) is 6.30. The van der Waals surface area contributed by atoms with Crippen LogP contribution in [-0.2, 0) is 4.74 Å². The number of anilines is 1. The highest BCUT2D eigenvalue weighted by molar-refractivity contribution is 6.34. The summed E-state index contributed by atoms with van der Waals surface area (Å²) < 4.78 is 10.3. The Bertz CT molecular complexity index is 458. The average molecular weight is 270 g/mol. The van der Waals surface area contributed by atoms with Crippen LogP contribution in [0.3, 0.4) is 0 Å². The maximum Gasteiger partial charge on any atom is 0.341 e. The third-order valence-corrected chi connectivity index (χ3v) is 3.56. The summed E-state index contributed by atoms with van der Waals surface area (Å²) in [6.45, 7) is 0.631. The van der Waals surface area contributed by atoms with E-state index in [2.05, 4.69) is 4.74 Å². The molecule has 2 N–H and O–H groups in total. The molecular formula is C13H16ClNO3. The van der Waals surface area contributed by atoms with Gasteiger partial charge in [0.15, 0.2) is 0 Å². The van der Waals surface area contributed by atoms with E-state index in [1.165, 1.54) is 26.4 Å². The molecule has 1 fully saturated rings. The highest BCUT2D eigenvalue weighted by Crippen LogP contribution is 2.33. The molecule has 1 aliphatic rings. The molecule has 98 valence electrons. The standard InChI is InChI=1S/C13H16ClNO3/c1-17-13(16)11-9(14)5-6-10(12(11)15)18-7-8-3-2-4-8/h5-6,8H,2-4,7,15H2,1H3. The lowest BCUT2D eigenvalue weighted by Crippen LogP contribution is -2.20. The van der Waals surface area contributed by atoms with Crippen molar-refractivity contribution >= 4 is 23.3 Å². The fourth-order valence-corrected chi connectivity index (χ4v) is 2.12. The lowest BCUT2D eigenvalue weighted by Gasteiger charge is -2.25. The summed E-state index contributed by atoms with van der Waals surface area (Å²) in [7, 11) is 1.29. The number of esters is 1. The summed E-state index contributed by atoms with van der Waals surface area (Å²) in [5.41, 5.74) is 6.31. The number of hydrogen-bond acceptors (Lipinski definition) is 4. The highest BCUT2D eigenvalue weighted by Gasteiger charge is 2.21. The zero-order chi connectivity index (χ0) is 13.1. The van der Waals surface area contributed by atoms with E-state index >= 15 is 0 Å². The lowest BCUT2D eigenvalue weighted by atomic mass is 9.86. The van der Waals surface area contributed by atoms with Crippen LogP contribution in [0.1, 0.15) is 29.6 Å². The van der Waals surface area contributed by atoms with Crippen molar-refractivity contribution in [1.82, 2.24) is 0 Å². The molecule has 1 aliphatic carbocycles. The van der Waals surface area contributed by atoms with Gasteiger partial charge in [-0.25, -0.2) is 4.79 Å². The van der Waals surface area contributed by atoms with Crippen LogP contribution in [0.5, 0.6) is 5.75 Å². The van der Waals surface area contributed by atoms with Crippen LogP contribution in [0.4, 0.5) is 5.69 Å². The number of benzene rings is 1. The van der Waals surface area contributed by atoms with Gasteiger partial charge >= 0.3 is 5.97 Å². The Morgan fingerprint density at radius 2 is 2.22 bits per heavy atom. The van der Waals surface area contributed by atoms with Gasteiger partial charge in [-0.1, -0.05) is 18.0 Å². The molecule has 0 spiro atoms. The molecule has 1 aromatic carbocycles. The van der Waals surface area contributed by atoms with Gasteiger partial charge in [0.2, 0.25) is 0 Å². The minimum atomic E-state index is -0.549. The molecule has 5 heteroatoms. The molecule has 0 aromatic heterocycles. The van der Waals surface area contributed by atoms with E-state index in [4.69, 9.17) is 22.1 Å². The highest BCUT2D eigenvalue weighted by atomic mass is 35.5. The molecule has 18 heavy (non-hydrogen) atoms. The third-order valence-electron chi connectivity index (χ3n) is 3.24. The van der Waals surface area contributed by atoms with Gasteiger partial charge in [-0.3, -0.25) is 0 Å². The fourth-order valence-electron chi connectivity index (χ4n) is 1.88. The predicted octanol–water partition coefficient (Wildman–Crippen LogP) is 2.89. The van der Waals surface area contributed by atoms with E-state index in [1.807, 2.05) is 0 Å². The second kappa shape index (κ2) is 5.48. The van der Waals surface area contributed by atoms with E-state index < -0.39 is 5.97 Å². The van der Waals surface area contributed by atoms with E-state index in [9.17, 15) is 4.79 Å². The molecule has 0 amide bonds. The van der Waals surface area contributed by atoms with Gasteiger partial charge in [-0.15, -0.1) is 0 Å². The Morgan fingerprint density at radius 3 is 2.78 bits per heavy atom. The van der Waals surface area contributed by atoms with E-state index in [0.29, 0.717) is 18.3 Å². The van der Waals surface area contributed by atoms with Gasteiger partial charge in [0.25, 0.3) is 0 Å². The Hall–Kier alpha value is -1.42. The van der Waals surface area contributed by atoms with Gasteiger partial charge in [0, 0.05) is 0 Å². The Morgan fingerprint density at radius 1 is 1.50 bits per heavy atom. The average Bonchev–Trinajstić information content (AvgIpc) is 2.29. The first-order chi connectivity index (χ1) is 8.63. The van der Waals surface area contributed by atoms with Gasteiger partial charge < -0.3 is 15.2 Å². The van der Waals surface area contributed by atoms with Crippen LogP contribution < -0.4 is 10.5 Å². The summed E-state index contributed by atoms with van der Waals surface area (Å²) in [5.74, 6) is 0.542. The van der Waals surface area contributed by atoms with Crippen LogP contribution in [-0.4, -0.2) is 19.7 Å². The molecule has 0 bridgehead atoms. The first kappa shape index (κ1) is 13.0. The van der Waals surface area contributed by atoms with Gasteiger partial charge in [-0.05, 0) is 30.9 Å². The SMILES string of the molecule is COC(=O)c1c(Cl)ccc(OCC2CCC2)c1N. The molecule has 1 aromatic rings. The van der Waals surface area contributed by atoms with Crippen molar-refractivity contribution in [3.63, 3.8) is 0 Å². The number of ether oxygens (including phenoxy) is 2. The smallest absolute Gasteiger partial charge is 0.341 e. The number of halogens is 1. The van der Waals surface area contributed by atoms with E-state index in [-0.39, 0.29) is 16.3 Å². The normalized spacial score (nSPS) is 15.0. The number of methoxy groups -OCH3 is 1. The molecule has 0 aliphatic heterocycles. The molecule has 0 unspecified atom stereocenters. The van der Waals surface area contributed by atoms with Gasteiger partial charge in [0.05, 0.1) is 24.4 Å². The van der Waals surface area contributed by atoms with Gasteiger partial charge in [-0.2, -0.15) is 0 Å².